The Bertz CT molecular complexity index is 475. The maximum absolute atomic E-state index is 13.5. The van der Waals surface area contributed by atoms with Gasteiger partial charge in [0.15, 0.2) is 0 Å². The molecule has 1 heterocycles. The van der Waals surface area contributed by atoms with Gasteiger partial charge in [-0.25, -0.2) is 9.18 Å². The summed E-state index contributed by atoms with van der Waals surface area (Å²) in [5.74, 6) is -1.67. The molecular formula is C13H14FNO3. The molecule has 5 heteroatoms. The number of hydrogen-bond acceptors (Lipinski definition) is 2. The van der Waals surface area contributed by atoms with Gasteiger partial charge in [0.25, 0.3) is 0 Å². The molecule has 1 aromatic rings. The molecule has 2 rings (SSSR count). The quantitative estimate of drug-likeness (QED) is 0.891. The van der Waals surface area contributed by atoms with Gasteiger partial charge in [0, 0.05) is 18.5 Å². The van der Waals surface area contributed by atoms with E-state index < -0.39 is 17.8 Å². The molecule has 0 aromatic heterocycles. The van der Waals surface area contributed by atoms with Crippen molar-refractivity contribution < 1.29 is 19.1 Å². The van der Waals surface area contributed by atoms with Gasteiger partial charge in [-0.05, 0) is 18.9 Å². The zero-order chi connectivity index (χ0) is 13.1. The summed E-state index contributed by atoms with van der Waals surface area (Å²) in [5.41, 5.74) is 0.346. The van der Waals surface area contributed by atoms with Gasteiger partial charge in [-0.3, -0.25) is 4.79 Å². The predicted molar refractivity (Wildman–Crippen MR) is 62.2 cm³/mol. The number of nitrogens with zero attached hydrogens (tertiary/aromatic N) is 1. The van der Waals surface area contributed by atoms with Crippen LogP contribution in [0.25, 0.3) is 0 Å². The largest absolute Gasteiger partial charge is 0.480 e. The third kappa shape index (κ3) is 2.50. The number of aliphatic carboxylic acids is 1. The Hall–Kier alpha value is -1.91. The summed E-state index contributed by atoms with van der Waals surface area (Å²) in [4.78, 5) is 24.1. The van der Waals surface area contributed by atoms with E-state index in [2.05, 4.69) is 0 Å². The number of carbonyl (C=O) groups excluding carboxylic acids is 1. The van der Waals surface area contributed by atoms with E-state index in [4.69, 9.17) is 5.11 Å². The number of likely N-dealkylation sites (tertiary alicyclic amines) is 1. The minimum Gasteiger partial charge on any atom is -0.480 e. The zero-order valence-corrected chi connectivity index (χ0v) is 9.80. The lowest BCUT2D eigenvalue weighted by Crippen LogP contribution is -2.47. The smallest absolute Gasteiger partial charge is 0.326 e. The Kier molecular flexibility index (Phi) is 3.60. The van der Waals surface area contributed by atoms with Crippen molar-refractivity contribution in [3.8, 4) is 0 Å². The summed E-state index contributed by atoms with van der Waals surface area (Å²) in [6.07, 6.45) is 1.33. The Morgan fingerprint density at radius 2 is 2.17 bits per heavy atom. The van der Waals surface area contributed by atoms with E-state index in [9.17, 15) is 14.0 Å². The lowest BCUT2D eigenvalue weighted by Gasteiger charge is -2.33. The predicted octanol–water partition coefficient (Wildman–Crippen LogP) is 1.79. The maximum Gasteiger partial charge on any atom is 0.326 e. The molecule has 1 aliphatic heterocycles. The van der Waals surface area contributed by atoms with Gasteiger partial charge in [0.1, 0.15) is 11.9 Å². The van der Waals surface area contributed by atoms with Gasteiger partial charge in [-0.1, -0.05) is 18.2 Å². The number of hydrogen-bond donors (Lipinski definition) is 1. The summed E-state index contributed by atoms with van der Waals surface area (Å²) >= 11 is 0. The van der Waals surface area contributed by atoms with Crippen LogP contribution in [0.5, 0.6) is 0 Å². The van der Waals surface area contributed by atoms with Crippen LogP contribution in [-0.4, -0.2) is 27.9 Å². The average Bonchev–Trinajstić information content (AvgIpc) is 2.34. The molecule has 1 fully saturated rings. The highest BCUT2D eigenvalue weighted by molar-refractivity contribution is 5.84. The fraction of sp³-hybridized carbons (Fsp3) is 0.385. The number of carbonyl (C=O) groups is 2. The first-order valence-electron chi connectivity index (χ1n) is 5.85. The number of carboxylic acids is 1. The van der Waals surface area contributed by atoms with Crippen molar-refractivity contribution in [3.05, 3.63) is 35.6 Å². The molecule has 4 nitrogen and oxygen atoms in total. The van der Waals surface area contributed by atoms with E-state index in [-0.39, 0.29) is 12.5 Å². The van der Waals surface area contributed by atoms with E-state index in [0.29, 0.717) is 24.8 Å². The van der Waals surface area contributed by atoms with Gasteiger partial charge in [0.05, 0.1) is 0 Å². The minimum absolute atomic E-state index is 0.0163. The van der Waals surface area contributed by atoms with Gasteiger partial charge in [-0.15, -0.1) is 0 Å². The lowest BCUT2D eigenvalue weighted by atomic mass is 10.0. The highest BCUT2D eigenvalue weighted by Crippen LogP contribution is 2.22. The number of benzene rings is 1. The third-order valence-electron chi connectivity index (χ3n) is 3.15. The Balaban J connectivity index is 2.21. The first kappa shape index (κ1) is 12.5. The van der Waals surface area contributed by atoms with E-state index in [0.717, 1.165) is 0 Å². The Morgan fingerprint density at radius 3 is 2.83 bits per heavy atom. The number of amides is 1. The summed E-state index contributed by atoms with van der Waals surface area (Å²) in [7, 11) is 0. The Labute approximate surface area is 104 Å². The van der Waals surface area contributed by atoms with E-state index >= 15 is 0 Å². The second-order valence-corrected chi connectivity index (χ2v) is 4.36. The van der Waals surface area contributed by atoms with Crippen LogP contribution in [0, 0.1) is 5.82 Å². The van der Waals surface area contributed by atoms with Gasteiger partial charge >= 0.3 is 5.97 Å². The monoisotopic (exact) mass is 251 g/mol. The second-order valence-electron chi connectivity index (χ2n) is 4.36. The number of halogens is 1. The summed E-state index contributed by atoms with van der Waals surface area (Å²) in [6.45, 7) is 0.0163. The molecule has 1 saturated heterocycles. The number of rotatable bonds is 3. The molecular weight excluding hydrogens is 237 g/mol. The molecule has 1 N–H and O–H groups in total. The van der Waals surface area contributed by atoms with Crippen LogP contribution < -0.4 is 0 Å². The summed E-state index contributed by atoms with van der Waals surface area (Å²) in [6, 6.07) is 5.26. The summed E-state index contributed by atoms with van der Waals surface area (Å²) in [5, 5.41) is 9.09. The molecule has 0 bridgehead atoms. The van der Waals surface area contributed by atoms with Crippen LogP contribution in [-0.2, 0) is 16.1 Å². The van der Waals surface area contributed by atoms with Crippen LogP contribution in [0.15, 0.2) is 24.3 Å². The molecule has 0 aliphatic carbocycles. The molecule has 1 atom stereocenters. The van der Waals surface area contributed by atoms with Crippen molar-refractivity contribution in [1.29, 1.82) is 0 Å². The van der Waals surface area contributed by atoms with Crippen molar-refractivity contribution in [2.45, 2.75) is 31.8 Å². The zero-order valence-electron chi connectivity index (χ0n) is 9.80. The average molecular weight is 251 g/mol. The number of carboxylic acid groups (broad SMARTS) is 1. The molecule has 0 saturated carbocycles. The molecule has 0 spiro atoms. The standard InChI is InChI=1S/C13H14FNO3/c14-10-5-2-1-4-9(10)8-15-11(13(17)18)6-3-7-12(15)16/h1-2,4-5,11H,3,6-8H2,(H,17,18)/t11-/m0/s1. The third-order valence-corrected chi connectivity index (χ3v) is 3.15. The molecule has 0 unspecified atom stereocenters. The molecule has 1 aliphatic rings. The van der Waals surface area contributed by atoms with Crippen molar-refractivity contribution >= 4 is 11.9 Å². The van der Waals surface area contributed by atoms with Crippen LogP contribution in [0.2, 0.25) is 0 Å². The van der Waals surface area contributed by atoms with E-state index in [1.54, 1.807) is 18.2 Å². The van der Waals surface area contributed by atoms with Crippen LogP contribution in [0.4, 0.5) is 4.39 Å². The molecule has 18 heavy (non-hydrogen) atoms. The molecule has 1 amide bonds. The first-order valence-corrected chi connectivity index (χ1v) is 5.85. The summed E-state index contributed by atoms with van der Waals surface area (Å²) < 4.78 is 13.5. The highest BCUT2D eigenvalue weighted by atomic mass is 19.1. The normalized spacial score (nSPS) is 19.9. The van der Waals surface area contributed by atoms with E-state index in [1.165, 1.54) is 11.0 Å². The fourth-order valence-corrected chi connectivity index (χ4v) is 2.19. The topological polar surface area (TPSA) is 57.6 Å². The maximum atomic E-state index is 13.5. The molecule has 0 radical (unpaired) electrons. The van der Waals surface area contributed by atoms with Crippen LogP contribution in [0.1, 0.15) is 24.8 Å². The highest BCUT2D eigenvalue weighted by Gasteiger charge is 2.33. The first-order chi connectivity index (χ1) is 8.59. The van der Waals surface area contributed by atoms with Crippen molar-refractivity contribution in [1.82, 2.24) is 4.90 Å². The molecule has 96 valence electrons. The van der Waals surface area contributed by atoms with Crippen molar-refractivity contribution in [2.24, 2.45) is 0 Å². The van der Waals surface area contributed by atoms with Gasteiger partial charge in [0.2, 0.25) is 5.91 Å². The Morgan fingerprint density at radius 1 is 1.44 bits per heavy atom. The van der Waals surface area contributed by atoms with Gasteiger partial charge in [-0.2, -0.15) is 0 Å². The van der Waals surface area contributed by atoms with E-state index in [1.807, 2.05) is 0 Å². The van der Waals surface area contributed by atoms with Gasteiger partial charge < -0.3 is 10.0 Å². The van der Waals surface area contributed by atoms with Crippen LogP contribution in [0.3, 0.4) is 0 Å². The fourth-order valence-electron chi connectivity index (χ4n) is 2.19. The minimum atomic E-state index is -1.03. The van der Waals surface area contributed by atoms with Crippen molar-refractivity contribution in [2.75, 3.05) is 0 Å². The lowest BCUT2D eigenvalue weighted by molar-refractivity contribution is -0.153. The SMILES string of the molecule is O=C(O)[C@@H]1CCCC(=O)N1Cc1ccccc1F. The van der Waals surface area contributed by atoms with Crippen LogP contribution >= 0.6 is 0 Å². The van der Waals surface area contributed by atoms with Crippen molar-refractivity contribution in [3.63, 3.8) is 0 Å². The molecule has 1 aromatic carbocycles. The second kappa shape index (κ2) is 5.16. The number of piperidine rings is 1.